The Morgan fingerprint density at radius 3 is 1.29 bits per heavy atom. The van der Waals surface area contributed by atoms with Gasteiger partial charge in [-0.2, -0.15) is 0 Å². The maximum atomic E-state index is 11.3. The quantitative estimate of drug-likeness (QED) is 0.0522. The highest BCUT2D eigenvalue weighted by Crippen LogP contribution is 2.42. The molecule has 0 saturated carbocycles. The van der Waals surface area contributed by atoms with Gasteiger partial charge in [0.1, 0.15) is 48.1 Å². The van der Waals surface area contributed by atoms with Gasteiger partial charge < -0.3 is 65.8 Å². The van der Waals surface area contributed by atoms with E-state index in [4.69, 9.17) is 55.6 Å². The van der Waals surface area contributed by atoms with E-state index in [1.807, 2.05) is 89.2 Å². The second-order valence-electron chi connectivity index (χ2n) is 30.1. The normalized spacial score (nSPS) is 22.1. The number of hydrogen-bond acceptors (Lipinski definition) is 14. The van der Waals surface area contributed by atoms with Gasteiger partial charge in [0.15, 0.2) is 44.8 Å². The van der Waals surface area contributed by atoms with E-state index in [-0.39, 0.29) is 52.1 Å². The largest absolute Gasteiger partial charge is 0.497 e. The van der Waals surface area contributed by atoms with Gasteiger partial charge in [-0.3, -0.25) is 0 Å². The van der Waals surface area contributed by atoms with Crippen LogP contribution in [-0.2, 0) is 59.3 Å². The van der Waals surface area contributed by atoms with E-state index in [0.717, 1.165) is 22.6 Å². The van der Waals surface area contributed by atoms with Crippen LogP contribution in [0.1, 0.15) is 150 Å². The highest BCUT2D eigenvalue weighted by molar-refractivity contribution is 6.75. The van der Waals surface area contributed by atoms with Gasteiger partial charge in [-0.1, -0.05) is 131 Å². The molecule has 0 radical (unpaired) electrons. The molecule has 0 aliphatic carbocycles. The van der Waals surface area contributed by atoms with E-state index in [1.54, 1.807) is 20.3 Å². The Labute approximate surface area is 516 Å². The number of methoxy groups -OCH3 is 2. The van der Waals surface area contributed by atoms with Crippen molar-refractivity contribution in [2.45, 2.75) is 296 Å². The number of hydrogen-bond donors (Lipinski definition) is 2. The summed E-state index contributed by atoms with van der Waals surface area (Å²) >= 11 is 0. The van der Waals surface area contributed by atoms with Crippen LogP contribution in [0.4, 0.5) is 0 Å². The lowest BCUT2D eigenvalue weighted by Gasteiger charge is -2.40. The fourth-order valence-electron chi connectivity index (χ4n) is 8.48. The van der Waals surface area contributed by atoms with Crippen LogP contribution >= 0.6 is 0 Å². The Hall–Kier alpha value is -2.27. The molecule has 2 aliphatic rings. The van der Waals surface area contributed by atoms with E-state index >= 15 is 0 Å². The predicted molar refractivity (Wildman–Crippen MR) is 353 cm³/mol. The second-order valence-corrected chi connectivity index (χ2v) is 49.2. The first-order valence-electron chi connectivity index (χ1n) is 30.6. The molecule has 14 nitrogen and oxygen atoms in total. The van der Waals surface area contributed by atoms with Gasteiger partial charge in [0, 0.05) is 14.6 Å². The Balaban J connectivity index is 0.000000573. The maximum Gasteiger partial charge on any atom is 0.192 e. The van der Waals surface area contributed by atoms with Crippen molar-refractivity contribution in [2.24, 2.45) is 0 Å². The van der Waals surface area contributed by atoms with Crippen LogP contribution in [0.5, 0.6) is 11.5 Å². The lowest BCUT2D eigenvalue weighted by molar-refractivity contribution is -0.153. The second kappa shape index (κ2) is 30.5. The molecule has 2 saturated heterocycles. The van der Waals surface area contributed by atoms with Gasteiger partial charge in [0.2, 0.25) is 0 Å². The average Bonchev–Trinajstić information content (AvgIpc) is 3.79. The van der Waals surface area contributed by atoms with Crippen LogP contribution in [0, 0.1) is 11.8 Å². The fourth-order valence-corrected chi connectivity index (χ4v) is 13.4. The molecule has 4 rings (SSSR count). The molecular formula is C66H120O14Si4. The Morgan fingerprint density at radius 2 is 0.893 bits per heavy atom. The lowest BCUT2D eigenvalue weighted by Crippen LogP contribution is -2.46. The molecule has 2 aromatic carbocycles. The van der Waals surface area contributed by atoms with Gasteiger partial charge in [-0.05, 0) is 162 Å². The highest BCUT2D eigenvalue weighted by Gasteiger charge is 2.48. The standard InChI is InChI=1S/C33H60O7Si2.C33H58O7Si2.H2/c2*1-24(40-42(13,14)32(5,6)7)28(36-23-25-15-17-26(35-10)18-16-25)20-19-27(34)30-29(38-33(8,9)39-30)21-22-37-41(11,12)31(2,3)4;/h15-20,24,27-30,34H,21-23H2,1-14H3;15-18,24,27-30,34H,21-23H2,1-14H3;1H/b20-19-;;/t2*24-,27?,28+,29-,30+;/m00./s1. The van der Waals surface area contributed by atoms with Gasteiger partial charge in [-0.25, -0.2) is 0 Å². The summed E-state index contributed by atoms with van der Waals surface area (Å²) in [6.07, 6.45) is -0.147. The maximum absolute atomic E-state index is 11.3. The highest BCUT2D eigenvalue weighted by atomic mass is 28.4. The summed E-state index contributed by atoms with van der Waals surface area (Å²) in [5, 5.41) is 23.0. The van der Waals surface area contributed by atoms with Gasteiger partial charge in [-0.15, -0.1) is 0 Å². The van der Waals surface area contributed by atoms with E-state index in [0.29, 0.717) is 39.3 Å². The van der Waals surface area contributed by atoms with Crippen LogP contribution in [0.15, 0.2) is 60.7 Å². The number of ether oxygens (including phenoxy) is 8. The summed E-state index contributed by atoms with van der Waals surface area (Å²) in [6.45, 7) is 58.0. The zero-order chi connectivity index (χ0) is 64.3. The van der Waals surface area contributed by atoms with Crippen LogP contribution in [0.25, 0.3) is 0 Å². The van der Waals surface area contributed by atoms with E-state index in [2.05, 4.69) is 154 Å². The first-order chi connectivity index (χ1) is 38.2. The SMILES string of the molecule is COc1ccc(CO[C@H](/C=C\C(O)[C@H]2OC(C)(C)O[C@H]2CCO[Si](C)(C)C(C)(C)C)[C@H](C)O[Si](C)(C)C(C)(C)C)cc1.COc1ccc(CO[C@H](C#CC(O)[C@H]2OC(C)(C)O[C@H]2CCO[Si](C)(C)C(C)(C)C)[C@H](C)O[Si](C)(C)C(C)(C)C)cc1.[HH]. The van der Waals surface area contributed by atoms with Crippen LogP contribution in [-0.4, -0.2) is 144 Å². The summed E-state index contributed by atoms with van der Waals surface area (Å²) in [6, 6.07) is 15.6. The molecule has 2 aromatic rings. The van der Waals surface area contributed by atoms with Crippen LogP contribution < -0.4 is 9.47 Å². The minimum Gasteiger partial charge on any atom is -0.497 e. The third-order valence-corrected chi connectivity index (χ3v) is 36.2. The minimum absolute atomic E-state index is 0. The third kappa shape index (κ3) is 23.3. The van der Waals surface area contributed by atoms with Crippen molar-refractivity contribution in [2.75, 3.05) is 27.4 Å². The Bertz CT molecular complexity index is 2380. The summed E-state index contributed by atoms with van der Waals surface area (Å²) in [7, 11) is -4.63. The first kappa shape index (κ1) is 76.0. The van der Waals surface area contributed by atoms with Crippen LogP contribution in [0.3, 0.4) is 0 Å². The van der Waals surface area contributed by atoms with Crippen molar-refractivity contribution in [1.82, 2.24) is 0 Å². The first-order valence-corrected chi connectivity index (χ1v) is 42.2. The van der Waals surface area contributed by atoms with E-state index < -0.39 is 75.4 Å². The lowest BCUT2D eigenvalue weighted by atomic mass is 10.0. The summed E-state index contributed by atoms with van der Waals surface area (Å²) in [4.78, 5) is 0. The molecule has 2 fully saturated rings. The summed E-state index contributed by atoms with van der Waals surface area (Å²) in [5.74, 6) is 6.23. The smallest absolute Gasteiger partial charge is 0.192 e. The van der Waals surface area contributed by atoms with E-state index in [1.165, 1.54) is 0 Å². The Kier molecular flexibility index (Phi) is 27.6. The molecule has 2 unspecified atom stereocenters. The number of benzene rings is 2. The zero-order valence-corrected chi connectivity index (χ0v) is 61.6. The van der Waals surface area contributed by atoms with Crippen molar-refractivity contribution in [3.05, 3.63) is 71.8 Å². The third-order valence-electron chi connectivity index (χ3n) is 18.0. The number of aliphatic hydroxyl groups excluding tert-OH is 2. The molecule has 2 aliphatic heterocycles. The average molecular weight is 1250 g/mol. The van der Waals surface area contributed by atoms with Crippen molar-refractivity contribution in [1.29, 1.82) is 0 Å². The summed E-state index contributed by atoms with van der Waals surface area (Å²) in [5.41, 5.74) is 2.03. The minimum atomic E-state index is -2.09. The molecule has 84 heavy (non-hydrogen) atoms. The molecule has 484 valence electrons. The van der Waals surface area contributed by atoms with Gasteiger partial charge in [0.05, 0.1) is 51.8 Å². The summed E-state index contributed by atoms with van der Waals surface area (Å²) < 4.78 is 74.2. The predicted octanol–water partition coefficient (Wildman–Crippen LogP) is 15.4. The van der Waals surface area contributed by atoms with Crippen molar-refractivity contribution in [3.8, 4) is 23.3 Å². The van der Waals surface area contributed by atoms with Crippen molar-refractivity contribution >= 4 is 33.3 Å². The zero-order valence-electron chi connectivity index (χ0n) is 57.6. The Morgan fingerprint density at radius 1 is 0.524 bits per heavy atom. The van der Waals surface area contributed by atoms with E-state index in [9.17, 15) is 10.2 Å². The number of aliphatic hydroxyl groups is 2. The molecule has 0 aromatic heterocycles. The molecule has 0 spiro atoms. The van der Waals surface area contributed by atoms with Gasteiger partial charge >= 0.3 is 0 Å². The molecule has 2 heterocycles. The fraction of sp³-hybridized carbons (Fsp3) is 0.758. The molecule has 18 heteroatoms. The van der Waals surface area contributed by atoms with Crippen molar-refractivity contribution in [3.63, 3.8) is 0 Å². The number of rotatable bonds is 26. The molecule has 0 bridgehead atoms. The molecule has 0 amide bonds. The topological polar surface area (TPSA) is 151 Å². The van der Waals surface area contributed by atoms with Gasteiger partial charge in [0.25, 0.3) is 0 Å². The van der Waals surface area contributed by atoms with Crippen molar-refractivity contribution < 1.29 is 67.2 Å². The monoisotopic (exact) mass is 1250 g/mol. The van der Waals surface area contributed by atoms with Crippen LogP contribution in [0.2, 0.25) is 72.5 Å². The molecular weight excluding hydrogens is 1130 g/mol. The molecule has 2 N–H and O–H groups in total. The molecule has 10 atom stereocenters.